The molecule has 0 fully saturated rings. The van der Waals surface area contributed by atoms with E-state index in [0.29, 0.717) is 0 Å². The summed E-state index contributed by atoms with van der Waals surface area (Å²) in [5.41, 5.74) is 10.7. The van der Waals surface area contributed by atoms with Crippen LogP contribution < -0.4 is 38.1 Å². The molecule has 0 radical (unpaired) electrons. The highest BCUT2D eigenvalue weighted by molar-refractivity contribution is 7.80. The summed E-state index contributed by atoms with van der Waals surface area (Å²) in [6.45, 7) is 0. The number of thiol groups is 4. The molecule has 0 bridgehead atoms. The molecule has 0 aromatic rings. The number of carboxylic acid groups (broad SMARTS) is 2. The van der Waals surface area contributed by atoms with Crippen LogP contribution in [0.15, 0.2) is 0 Å². The van der Waals surface area contributed by atoms with Gasteiger partial charge in [-0.25, -0.2) is 4.79 Å². The Bertz CT molecular complexity index is 1040. The Morgan fingerprint density at radius 2 is 0.860 bits per heavy atom. The summed E-state index contributed by atoms with van der Waals surface area (Å²) in [6, 6.07) is -7.91. The summed E-state index contributed by atoms with van der Waals surface area (Å²) in [7, 11) is 0. The van der Waals surface area contributed by atoms with Gasteiger partial charge in [0.1, 0.15) is 30.2 Å². The molecule has 0 spiro atoms. The van der Waals surface area contributed by atoms with Gasteiger partial charge >= 0.3 is 11.9 Å². The highest BCUT2D eigenvalue weighted by atomic mass is 32.1. The van der Waals surface area contributed by atoms with E-state index in [4.69, 9.17) is 16.6 Å². The Morgan fingerprint density at radius 1 is 0.535 bits per heavy atom. The molecule has 0 aliphatic carbocycles. The molecule has 0 rings (SSSR count). The molecule has 6 amide bonds. The van der Waals surface area contributed by atoms with E-state index in [0.717, 1.165) is 0 Å². The minimum absolute atomic E-state index is 0.178. The first-order valence-electron chi connectivity index (χ1n) is 12.5. The van der Waals surface area contributed by atoms with Gasteiger partial charge in [-0.3, -0.25) is 33.6 Å². The van der Waals surface area contributed by atoms with E-state index >= 15 is 0 Å². The number of rotatable bonds is 21. The van der Waals surface area contributed by atoms with Gasteiger partial charge in [-0.1, -0.05) is 0 Å². The Morgan fingerprint density at radius 3 is 1.14 bits per heavy atom. The minimum Gasteiger partial charge on any atom is -0.481 e. The van der Waals surface area contributed by atoms with Gasteiger partial charge in [-0.05, 0) is 12.8 Å². The van der Waals surface area contributed by atoms with Crippen molar-refractivity contribution in [3.8, 4) is 0 Å². The molecule has 0 heterocycles. The third kappa shape index (κ3) is 15.4. The second-order valence-corrected chi connectivity index (χ2v) is 10.4. The largest absolute Gasteiger partial charge is 0.481 e. The van der Waals surface area contributed by atoms with Crippen LogP contribution in [0.25, 0.3) is 0 Å². The summed E-state index contributed by atoms with van der Waals surface area (Å²) in [6.07, 6.45) is -1.15. The number of amides is 6. The average Bonchev–Trinajstić information content (AvgIpc) is 2.95. The van der Waals surface area contributed by atoms with Crippen molar-refractivity contribution in [3.63, 3.8) is 0 Å². The van der Waals surface area contributed by atoms with Crippen molar-refractivity contribution in [2.75, 3.05) is 23.0 Å². The van der Waals surface area contributed by atoms with E-state index in [-0.39, 0.29) is 48.7 Å². The lowest BCUT2D eigenvalue weighted by atomic mass is 10.1. The van der Waals surface area contributed by atoms with Gasteiger partial charge in [0.15, 0.2) is 0 Å². The Hall–Kier alpha value is -2.88. The second-order valence-electron chi connectivity index (χ2n) is 8.92. The third-order valence-electron chi connectivity index (χ3n) is 5.56. The number of hydrogen-bond acceptors (Lipinski definition) is 13. The van der Waals surface area contributed by atoms with Crippen LogP contribution in [0.2, 0.25) is 0 Å². The molecule has 0 aromatic heterocycles. The van der Waals surface area contributed by atoms with Crippen LogP contribution in [0.4, 0.5) is 0 Å². The Balaban J connectivity index is 5.29. The average molecular weight is 688 g/mol. The number of primary amides is 1. The van der Waals surface area contributed by atoms with Crippen LogP contribution in [0, 0.1) is 0 Å². The molecular formula is C22H37N7O10S4. The standard InChI is InChI=1S/C22H37N7O10S4/c23-9(1-4-16(31)32)17(33)26-11(5-40)19(35)28-13(7-42)21(37)29-14(8-43)20(36)27-12(6-41)18(34)25-10(22(38)39)2-3-15(24)30/h9-14,40-43H,1-8,23H2,(H2,24,30)(H,25,34)(H,26,33)(H,27,36)(H,28,35)(H,29,37)(H,31,32)(H,38,39)/t9-,10-,11-,12-,13-,14-/m0/s1. The third-order valence-corrected chi connectivity index (χ3v) is 7.02. The monoisotopic (exact) mass is 687 g/mol. The number of aliphatic carboxylic acids is 2. The zero-order chi connectivity index (χ0) is 33.3. The summed E-state index contributed by atoms with van der Waals surface area (Å²) in [5.74, 6) is -8.66. The SMILES string of the molecule is NC(=O)CC[C@H](NC(=O)[C@H](CS)NC(=O)[C@H](CS)NC(=O)[C@H](CS)NC(=O)[C@H](CS)NC(=O)[C@@H](N)CCC(=O)O)C(=O)O. The van der Waals surface area contributed by atoms with Crippen molar-refractivity contribution in [2.45, 2.75) is 61.9 Å². The van der Waals surface area contributed by atoms with Crippen molar-refractivity contribution >= 4 is 97.9 Å². The molecule has 0 saturated heterocycles. The topological polar surface area (TPSA) is 289 Å². The van der Waals surface area contributed by atoms with Crippen molar-refractivity contribution in [3.05, 3.63) is 0 Å². The lowest BCUT2D eigenvalue weighted by molar-refractivity contribution is -0.142. The Labute approximate surface area is 268 Å². The highest BCUT2D eigenvalue weighted by Crippen LogP contribution is 2.02. The highest BCUT2D eigenvalue weighted by Gasteiger charge is 2.31. The van der Waals surface area contributed by atoms with Crippen LogP contribution in [-0.4, -0.2) is 117 Å². The summed E-state index contributed by atoms with van der Waals surface area (Å²) in [4.78, 5) is 96.2. The second kappa shape index (κ2) is 20.9. The lowest BCUT2D eigenvalue weighted by Crippen LogP contribution is -2.60. The number of hydrogen-bond donors (Lipinski definition) is 13. The van der Waals surface area contributed by atoms with Gasteiger partial charge < -0.3 is 48.3 Å². The van der Waals surface area contributed by atoms with Crippen molar-refractivity contribution < 1.29 is 48.6 Å². The van der Waals surface area contributed by atoms with E-state index in [1.165, 1.54) is 0 Å². The minimum atomic E-state index is -1.47. The fourth-order valence-electron chi connectivity index (χ4n) is 3.10. The van der Waals surface area contributed by atoms with E-state index < -0.39 is 83.6 Å². The maximum Gasteiger partial charge on any atom is 0.326 e. The van der Waals surface area contributed by atoms with Gasteiger partial charge in [0.05, 0.1) is 6.04 Å². The van der Waals surface area contributed by atoms with Crippen molar-refractivity contribution in [2.24, 2.45) is 11.5 Å². The number of nitrogens with two attached hydrogens (primary N) is 2. The maximum absolute atomic E-state index is 12.8. The molecule has 0 aliphatic heterocycles. The van der Waals surface area contributed by atoms with Crippen molar-refractivity contribution in [1.82, 2.24) is 26.6 Å². The van der Waals surface area contributed by atoms with Crippen LogP contribution >= 0.6 is 50.5 Å². The first-order chi connectivity index (χ1) is 20.1. The molecule has 0 aliphatic rings. The number of carbonyl (C=O) groups is 8. The Kier molecular flexibility index (Phi) is 19.5. The quantitative estimate of drug-likeness (QED) is 0.0512. The van der Waals surface area contributed by atoms with E-state index in [1.807, 2.05) is 0 Å². The zero-order valence-corrected chi connectivity index (χ0v) is 26.3. The molecule has 0 aromatic carbocycles. The number of nitrogens with one attached hydrogen (secondary N) is 5. The van der Waals surface area contributed by atoms with Crippen molar-refractivity contribution in [1.29, 1.82) is 0 Å². The summed E-state index contributed by atoms with van der Waals surface area (Å²) >= 11 is 16.1. The smallest absolute Gasteiger partial charge is 0.326 e. The van der Waals surface area contributed by atoms with Crippen LogP contribution in [0.3, 0.4) is 0 Å². The molecule has 21 heteroatoms. The van der Waals surface area contributed by atoms with Crippen LogP contribution in [0.1, 0.15) is 25.7 Å². The number of carboxylic acids is 2. The maximum atomic E-state index is 12.8. The van der Waals surface area contributed by atoms with Gasteiger partial charge in [-0.2, -0.15) is 50.5 Å². The molecule has 6 atom stereocenters. The molecule has 17 nitrogen and oxygen atoms in total. The zero-order valence-electron chi connectivity index (χ0n) is 22.7. The molecule has 11 N–H and O–H groups in total. The summed E-state index contributed by atoms with van der Waals surface area (Å²) < 4.78 is 0. The fraction of sp³-hybridized carbons (Fsp3) is 0.636. The van der Waals surface area contributed by atoms with Gasteiger partial charge in [0.2, 0.25) is 35.4 Å². The first kappa shape index (κ1) is 40.1. The predicted octanol–water partition coefficient (Wildman–Crippen LogP) is -4.33. The molecular weight excluding hydrogens is 651 g/mol. The van der Waals surface area contributed by atoms with Gasteiger partial charge in [0.25, 0.3) is 0 Å². The van der Waals surface area contributed by atoms with E-state index in [1.54, 1.807) is 0 Å². The first-order valence-corrected chi connectivity index (χ1v) is 15.1. The van der Waals surface area contributed by atoms with Gasteiger partial charge in [0, 0.05) is 35.9 Å². The predicted molar refractivity (Wildman–Crippen MR) is 166 cm³/mol. The molecule has 244 valence electrons. The lowest BCUT2D eigenvalue weighted by Gasteiger charge is -2.25. The van der Waals surface area contributed by atoms with Crippen LogP contribution in [-0.2, 0) is 38.4 Å². The van der Waals surface area contributed by atoms with E-state index in [2.05, 4.69) is 77.1 Å². The summed E-state index contributed by atoms with van der Waals surface area (Å²) in [5, 5.41) is 29.5. The van der Waals surface area contributed by atoms with Gasteiger partial charge in [-0.15, -0.1) is 0 Å². The molecule has 0 saturated carbocycles. The number of carbonyl (C=O) groups excluding carboxylic acids is 6. The fourth-order valence-corrected chi connectivity index (χ4v) is 4.13. The van der Waals surface area contributed by atoms with E-state index in [9.17, 15) is 43.5 Å². The van der Waals surface area contributed by atoms with Crippen LogP contribution in [0.5, 0.6) is 0 Å². The normalized spacial score (nSPS) is 14.9. The molecule has 0 unspecified atom stereocenters. The molecule has 43 heavy (non-hydrogen) atoms.